The van der Waals surface area contributed by atoms with E-state index in [4.69, 9.17) is 0 Å². The lowest BCUT2D eigenvalue weighted by molar-refractivity contribution is -0.142. The fourth-order valence-electron chi connectivity index (χ4n) is 3.27. The third kappa shape index (κ3) is 3.47. The van der Waals surface area contributed by atoms with E-state index >= 15 is 0 Å². The van der Waals surface area contributed by atoms with Crippen LogP contribution in [0.4, 0.5) is 0 Å². The number of aryl methyl sites for hydroxylation is 1. The lowest BCUT2D eigenvalue weighted by Crippen LogP contribution is -2.38. The highest BCUT2D eigenvalue weighted by atomic mass is 32.2. The zero-order valence-electron chi connectivity index (χ0n) is 13.4. The van der Waals surface area contributed by atoms with Gasteiger partial charge in [0.25, 0.3) is 0 Å². The van der Waals surface area contributed by atoms with Crippen molar-refractivity contribution in [2.24, 2.45) is 0 Å². The van der Waals surface area contributed by atoms with Gasteiger partial charge in [-0.2, -0.15) is 0 Å². The van der Waals surface area contributed by atoms with Crippen LogP contribution >= 0.6 is 23.1 Å². The van der Waals surface area contributed by atoms with E-state index in [2.05, 4.69) is 54.5 Å². The van der Waals surface area contributed by atoms with Crippen LogP contribution in [-0.4, -0.2) is 34.8 Å². The van der Waals surface area contributed by atoms with Gasteiger partial charge in [-0.1, -0.05) is 12.1 Å². The summed E-state index contributed by atoms with van der Waals surface area (Å²) in [7, 11) is 0. The van der Waals surface area contributed by atoms with Gasteiger partial charge in [0, 0.05) is 21.2 Å². The van der Waals surface area contributed by atoms with Crippen LogP contribution in [-0.2, 0) is 4.79 Å². The first-order chi connectivity index (χ1) is 11.1. The SMILES string of the molecule is CSc1ccc(C(c2ccc(C)s2)N2CCCC2C(=O)O)cc1. The van der Waals surface area contributed by atoms with E-state index in [-0.39, 0.29) is 12.1 Å². The van der Waals surface area contributed by atoms with E-state index in [1.165, 1.54) is 20.2 Å². The zero-order valence-corrected chi connectivity index (χ0v) is 15.0. The average molecular weight is 348 g/mol. The van der Waals surface area contributed by atoms with Gasteiger partial charge in [0.05, 0.1) is 6.04 Å². The van der Waals surface area contributed by atoms with Crippen molar-refractivity contribution in [3.8, 4) is 0 Å². The van der Waals surface area contributed by atoms with Crippen molar-refractivity contribution in [2.75, 3.05) is 12.8 Å². The minimum atomic E-state index is -0.707. The predicted molar refractivity (Wildman–Crippen MR) is 96.5 cm³/mol. The van der Waals surface area contributed by atoms with Gasteiger partial charge in [0.2, 0.25) is 0 Å². The first kappa shape index (κ1) is 16.6. The Labute approximate surface area is 145 Å². The largest absolute Gasteiger partial charge is 0.480 e. The number of likely N-dealkylation sites (tertiary alicyclic amines) is 1. The van der Waals surface area contributed by atoms with Crippen molar-refractivity contribution < 1.29 is 9.90 Å². The van der Waals surface area contributed by atoms with Crippen LogP contribution in [0.25, 0.3) is 0 Å². The van der Waals surface area contributed by atoms with Crippen LogP contribution in [0.2, 0.25) is 0 Å². The molecule has 2 atom stereocenters. The number of carboxylic acid groups (broad SMARTS) is 1. The molecule has 122 valence electrons. The number of thioether (sulfide) groups is 1. The molecule has 1 fully saturated rings. The highest BCUT2D eigenvalue weighted by molar-refractivity contribution is 7.98. The fraction of sp³-hybridized carbons (Fsp3) is 0.389. The van der Waals surface area contributed by atoms with Gasteiger partial charge in [-0.3, -0.25) is 9.69 Å². The normalized spacial score (nSPS) is 19.8. The zero-order chi connectivity index (χ0) is 16.4. The number of carboxylic acids is 1. The molecule has 1 N–H and O–H groups in total. The number of hydrogen-bond donors (Lipinski definition) is 1. The predicted octanol–water partition coefficient (Wildman–Crippen LogP) is 4.42. The summed E-state index contributed by atoms with van der Waals surface area (Å²) in [6, 6.07) is 12.4. The number of hydrogen-bond acceptors (Lipinski definition) is 4. The van der Waals surface area contributed by atoms with E-state index in [1.54, 1.807) is 23.1 Å². The van der Waals surface area contributed by atoms with Crippen molar-refractivity contribution in [3.63, 3.8) is 0 Å². The number of rotatable bonds is 5. The molecule has 0 radical (unpaired) electrons. The molecular weight excluding hydrogens is 326 g/mol. The molecule has 1 aromatic heterocycles. The van der Waals surface area contributed by atoms with Crippen molar-refractivity contribution in [1.29, 1.82) is 0 Å². The first-order valence-electron chi connectivity index (χ1n) is 7.79. The number of benzene rings is 1. The Morgan fingerprint density at radius 1 is 1.30 bits per heavy atom. The molecule has 2 heterocycles. The molecule has 0 bridgehead atoms. The minimum Gasteiger partial charge on any atom is -0.480 e. The maximum Gasteiger partial charge on any atom is 0.320 e. The highest BCUT2D eigenvalue weighted by Crippen LogP contribution is 2.38. The van der Waals surface area contributed by atoms with Crippen molar-refractivity contribution in [3.05, 3.63) is 51.7 Å². The van der Waals surface area contributed by atoms with Gasteiger partial charge >= 0.3 is 5.97 Å². The summed E-state index contributed by atoms with van der Waals surface area (Å²) in [5, 5.41) is 9.57. The van der Waals surface area contributed by atoms with Gasteiger partial charge in [0.15, 0.2) is 0 Å². The molecule has 1 aliphatic heterocycles. The lowest BCUT2D eigenvalue weighted by atomic mass is 10.0. The summed E-state index contributed by atoms with van der Waals surface area (Å²) in [4.78, 5) is 17.5. The summed E-state index contributed by atoms with van der Waals surface area (Å²) in [6.45, 7) is 2.93. The molecule has 0 spiro atoms. The van der Waals surface area contributed by atoms with Gasteiger partial charge in [-0.05, 0) is 55.9 Å². The first-order valence-corrected chi connectivity index (χ1v) is 9.83. The van der Waals surface area contributed by atoms with E-state index in [0.29, 0.717) is 0 Å². The molecule has 5 heteroatoms. The molecule has 0 amide bonds. The topological polar surface area (TPSA) is 40.5 Å². The molecule has 2 aromatic rings. The van der Waals surface area contributed by atoms with Crippen molar-refractivity contribution in [1.82, 2.24) is 4.90 Å². The van der Waals surface area contributed by atoms with Crippen LogP contribution in [0.5, 0.6) is 0 Å². The molecule has 23 heavy (non-hydrogen) atoms. The Bertz CT molecular complexity index is 681. The molecule has 1 aliphatic rings. The van der Waals surface area contributed by atoms with E-state index < -0.39 is 5.97 Å². The molecule has 1 saturated heterocycles. The van der Waals surface area contributed by atoms with Crippen LogP contribution in [0.1, 0.15) is 34.2 Å². The quantitative estimate of drug-likeness (QED) is 0.813. The molecule has 0 aliphatic carbocycles. The van der Waals surface area contributed by atoms with Crippen LogP contribution < -0.4 is 0 Å². The monoisotopic (exact) mass is 347 g/mol. The minimum absolute atomic E-state index is 0.0354. The summed E-state index contributed by atoms with van der Waals surface area (Å²) in [5.74, 6) is -0.707. The standard InChI is InChI=1S/C18H21NO2S2/c1-12-5-10-16(23-12)17(13-6-8-14(22-2)9-7-13)19-11-3-4-15(19)18(20)21/h5-10,15,17H,3-4,11H2,1-2H3,(H,20,21). The Morgan fingerprint density at radius 2 is 2.04 bits per heavy atom. The maximum absolute atomic E-state index is 11.6. The maximum atomic E-state index is 11.6. The van der Waals surface area contributed by atoms with E-state index in [0.717, 1.165) is 19.4 Å². The number of nitrogens with zero attached hydrogens (tertiary/aromatic N) is 1. The number of carbonyl (C=O) groups is 1. The van der Waals surface area contributed by atoms with E-state index in [9.17, 15) is 9.90 Å². The molecular formula is C18H21NO2S2. The average Bonchev–Trinajstić information content (AvgIpc) is 3.18. The second-order valence-corrected chi connectivity index (χ2v) is 8.06. The van der Waals surface area contributed by atoms with Gasteiger partial charge in [-0.15, -0.1) is 23.1 Å². The summed E-state index contributed by atoms with van der Waals surface area (Å²) in [6.07, 6.45) is 3.75. The van der Waals surface area contributed by atoms with Crippen molar-refractivity contribution >= 4 is 29.1 Å². The highest BCUT2D eigenvalue weighted by Gasteiger charge is 2.37. The van der Waals surface area contributed by atoms with Crippen LogP contribution in [0.3, 0.4) is 0 Å². The van der Waals surface area contributed by atoms with Crippen molar-refractivity contribution in [2.45, 2.75) is 36.7 Å². The Balaban J connectivity index is 2.01. The van der Waals surface area contributed by atoms with Crippen LogP contribution in [0.15, 0.2) is 41.3 Å². The number of thiophene rings is 1. The summed E-state index contributed by atoms with van der Waals surface area (Å²) < 4.78 is 0. The lowest BCUT2D eigenvalue weighted by Gasteiger charge is -2.31. The molecule has 2 unspecified atom stereocenters. The third-order valence-corrected chi connectivity index (χ3v) is 6.17. The Kier molecular flexibility index (Phi) is 5.09. The van der Waals surface area contributed by atoms with E-state index in [1.807, 2.05) is 0 Å². The Hall–Kier alpha value is -1.30. The number of aliphatic carboxylic acids is 1. The second kappa shape index (κ2) is 7.07. The summed E-state index contributed by atoms with van der Waals surface area (Å²) >= 11 is 3.48. The Morgan fingerprint density at radius 3 is 2.61 bits per heavy atom. The second-order valence-electron chi connectivity index (χ2n) is 5.86. The third-order valence-electron chi connectivity index (χ3n) is 4.37. The summed E-state index contributed by atoms with van der Waals surface area (Å²) in [5.41, 5.74) is 1.18. The van der Waals surface area contributed by atoms with Gasteiger partial charge < -0.3 is 5.11 Å². The molecule has 0 saturated carbocycles. The molecule has 1 aromatic carbocycles. The van der Waals surface area contributed by atoms with Gasteiger partial charge in [-0.25, -0.2) is 0 Å². The molecule has 3 rings (SSSR count). The fourth-order valence-corrected chi connectivity index (χ4v) is 4.70. The molecule has 3 nitrogen and oxygen atoms in total. The van der Waals surface area contributed by atoms with Crippen LogP contribution in [0, 0.1) is 6.92 Å². The smallest absolute Gasteiger partial charge is 0.320 e. The van der Waals surface area contributed by atoms with Gasteiger partial charge in [0.1, 0.15) is 6.04 Å².